The molecular weight excluding hydrogens is 437 g/mol. The molecule has 0 aliphatic rings. The number of carbonyl (C=O) groups is 1. The van der Waals surface area contributed by atoms with Crippen molar-refractivity contribution in [3.8, 4) is 23.4 Å². The first kappa shape index (κ1) is 25.2. The van der Waals surface area contributed by atoms with Gasteiger partial charge in [0.15, 0.2) is 11.5 Å². The molecule has 0 unspecified atom stereocenters. The summed E-state index contributed by atoms with van der Waals surface area (Å²) in [5.41, 5.74) is -0.628. The summed E-state index contributed by atoms with van der Waals surface area (Å²) in [6.45, 7) is 4.15. The van der Waals surface area contributed by atoms with Crippen molar-refractivity contribution in [3.63, 3.8) is 0 Å². The minimum absolute atomic E-state index is 0.0606. The second-order valence-electron chi connectivity index (χ2n) is 6.22. The quantitative estimate of drug-likeness (QED) is 0.412. The molecule has 0 spiro atoms. The van der Waals surface area contributed by atoms with Crippen LogP contribution in [0.4, 0.5) is 13.2 Å². The van der Waals surface area contributed by atoms with Crippen molar-refractivity contribution in [2.75, 3.05) is 7.11 Å². The van der Waals surface area contributed by atoms with Crippen LogP contribution < -0.4 is 9.47 Å². The Hall–Kier alpha value is -4.06. The average Bonchev–Trinajstić information content (AvgIpc) is 2.83. The van der Waals surface area contributed by atoms with Gasteiger partial charge in [0.05, 0.1) is 24.3 Å². The van der Waals surface area contributed by atoms with E-state index in [1.807, 2.05) is 44.2 Å². The number of nitriles is 1. The van der Waals surface area contributed by atoms with Crippen LogP contribution in [0.3, 0.4) is 0 Å². The highest BCUT2D eigenvalue weighted by molar-refractivity contribution is 5.90. The van der Waals surface area contributed by atoms with Crippen LogP contribution in [0.15, 0.2) is 60.7 Å². The second-order valence-corrected chi connectivity index (χ2v) is 6.22. The van der Waals surface area contributed by atoms with Gasteiger partial charge in [-0.25, -0.2) is 9.78 Å². The molecule has 0 aliphatic heterocycles. The van der Waals surface area contributed by atoms with Gasteiger partial charge in [0, 0.05) is 6.07 Å². The normalized spacial score (nSPS) is 10.3. The van der Waals surface area contributed by atoms with Crippen molar-refractivity contribution in [1.29, 1.82) is 5.26 Å². The van der Waals surface area contributed by atoms with Crippen LogP contribution in [0.2, 0.25) is 0 Å². The molecule has 0 N–H and O–H groups in total. The predicted molar refractivity (Wildman–Crippen MR) is 114 cm³/mol. The van der Waals surface area contributed by atoms with E-state index >= 15 is 0 Å². The zero-order valence-corrected chi connectivity index (χ0v) is 18.1. The van der Waals surface area contributed by atoms with Crippen molar-refractivity contribution < 1.29 is 32.2 Å². The molecule has 1 aromatic heterocycles. The molecule has 3 aromatic rings. The van der Waals surface area contributed by atoms with E-state index < -0.39 is 23.7 Å². The number of benzene rings is 2. The maximum absolute atomic E-state index is 13.1. The predicted octanol–water partition coefficient (Wildman–Crippen LogP) is 6.16. The summed E-state index contributed by atoms with van der Waals surface area (Å²) in [6, 6.07) is 16.6. The highest BCUT2D eigenvalue weighted by Gasteiger charge is 2.33. The van der Waals surface area contributed by atoms with Gasteiger partial charge in [-0.05, 0) is 29.8 Å². The van der Waals surface area contributed by atoms with E-state index in [4.69, 9.17) is 14.7 Å². The Morgan fingerprint density at radius 2 is 1.73 bits per heavy atom. The van der Waals surface area contributed by atoms with Gasteiger partial charge in [0.25, 0.3) is 0 Å². The third kappa shape index (κ3) is 6.97. The smallest absolute Gasteiger partial charge is 0.433 e. The van der Waals surface area contributed by atoms with Crippen LogP contribution in [0, 0.1) is 11.3 Å². The molecule has 0 aliphatic carbocycles. The Bertz CT molecular complexity index is 1130. The number of hydrogen-bond acceptors (Lipinski definition) is 6. The van der Waals surface area contributed by atoms with Gasteiger partial charge in [-0.1, -0.05) is 44.2 Å². The number of ether oxygens (including phenoxy) is 3. The van der Waals surface area contributed by atoms with E-state index in [-0.39, 0.29) is 29.2 Å². The van der Waals surface area contributed by atoms with Gasteiger partial charge in [0.2, 0.25) is 5.88 Å². The lowest BCUT2D eigenvalue weighted by molar-refractivity contribution is -0.141. The maximum Gasteiger partial charge on any atom is 0.433 e. The molecule has 0 saturated heterocycles. The van der Waals surface area contributed by atoms with Gasteiger partial charge in [-0.2, -0.15) is 18.4 Å². The number of hydrogen-bond donors (Lipinski definition) is 0. The van der Waals surface area contributed by atoms with E-state index in [2.05, 4.69) is 9.72 Å². The minimum Gasteiger partial charge on any atom is -0.485 e. The van der Waals surface area contributed by atoms with E-state index in [9.17, 15) is 18.0 Å². The lowest BCUT2D eigenvalue weighted by Gasteiger charge is -2.14. The Balaban J connectivity index is 0.00000187. The van der Waals surface area contributed by atoms with Crippen LogP contribution in [-0.2, 0) is 17.5 Å². The highest BCUT2D eigenvalue weighted by atomic mass is 19.4. The summed E-state index contributed by atoms with van der Waals surface area (Å²) >= 11 is 0. The number of nitrogens with zero attached hydrogens (tertiary/aromatic N) is 2. The molecule has 0 bridgehead atoms. The lowest BCUT2D eigenvalue weighted by atomic mass is 10.2. The summed E-state index contributed by atoms with van der Waals surface area (Å²) < 4.78 is 55.3. The van der Waals surface area contributed by atoms with E-state index in [1.165, 1.54) is 25.3 Å². The van der Waals surface area contributed by atoms with Crippen molar-refractivity contribution in [2.24, 2.45) is 0 Å². The van der Waals surface area contributed by atoms with Crippen LogP contribution >= 0.6 is 0 Å². The third-order valence-corrected chi connectivity index (χ3v) is 4.04. The minimum atomic E-state index is -4.77. The van der Waals surface area contributed by atoms with Gasteiger partial charge >= 0.3 is 12.1 Å². The Morgan fingerprint density at radius 3 is 2.33 bits per heavy atom. The van der Waals surface area contributed by atoms with Gasteiger partial charge < -0.3 is 14.2 Å². The fourth-order valence-electron chi connectivity index (χ4n) is 2.57. The van der Waals surface area contributed by atoms with Crippen LogP contribution in [0.5, 0.6) is 17.4 Å². The SMILES string of the molecule is CC.COC(=O)c1ccc(OCc2ccccc2)c(Oc2cc(C#N)cc(C(F)(F)F)n2)c1. The zero-order valence-electron chi connectivity index (χ0n) is 18.1. The summed E-state index contributed by atoms with van der Waals surface area (Å²) in [7, 11) is 1.19. The molecule has 0 amide bonds. The van der Waals surface area contributed by atoms with Crippen molar-refractivity contribution in [2.45, 2.75) is 26.6 Å². The molecule has 1 heterocycles. The number of halogens is 3. The van der Waals surface area contributed by atoms with E-state index in [1.54, 1.807) is 6.07 Å². The van der Waals surface area contributed by atoms with E-state index in [0.717, 1.165) is 11.6 Å². The zero-order chi connectivity index (χ0) is 24.4. The molecule has 0 fully saturated rings. The number of methoxy groups -OCH3 is 1. The molecule has 0 radical (unpaired) electrons. The Kier molecular flexibility index (Phi) is 8.80. The average molecular weight is 458 g/mol. The summed E-state index contributed by atoms with van der Waals surface area (Å²) in [6.07, 6.45) is -4.77. The van der Waals surface area contributed by atoms with Crippen molar-refractivity contribution in [1.82, 2.24) is 4.98 Å². The lowest BCUT2D eigenvalue weighted by Crippen LogP contribution is -2.09. The molecule has 33 heavy (non-hydrogen) atoms. The van der Waals surface area contributed by atoms with Crippen LogP contribution in [0.25, 0.3) is 0 Å². The molecule has 9 heteroatoms. The number of rotatable bonds is 6. The number of esters is 1. The van der Waals surface area contributed by atoms with Gasteiger partial charge in [-0.15, -0.1) is 0 Å². The second kappa shape index (κ2) is 11.5. The Labute approximate surface area is 189 Å². The first-order valence-electron chi connectivity index (χ1n) is 9.86. The van der Waals surface area contributed by atoms with E-state index in [0.29, 0.717) is 6.07 Å². The summed E-state index contributed by atoms with van der Waals surface area (Å²) in [4.78, 5) is 15.3. The topological polar surface area (TPSA) is 81.4 Å². The number of pyridine rings is 1. The number of aromatic nitrogens is 1. The molecule has 6 nitrogen and oxygen atoms in total. The first-order valence-corrected chi connectivity index (χ1v) is 9.86. The highest BCUT2D eigenvalue weighted by Crippen LogP contribution is 2.35. The molecule has 3 rings (SSSR count). The molecule has 0 atom stereocenters. The number of carbonyl (C=O) groups excluding carboxylic acids is 1. The third-order valence-electron chi connectivity index (χ3n) is 4.04. The maximum atomic E-state index is 13.1. The van der Waals surface area contributed by atoms with Crippen molar-refractivity contribution >= 4 is 5.97 Å². The molecule has 2 aromatic carbocycles. The summed E-state index contributed by atoms with van der Waals surface area (Å²) in [5.74, 6) is -1.05. The van der Waals surface area contributed by atoms with Gasteiger partial charge in [-0.3, -0.25) is 0 Å². The number of alkyl halides is 3. The largest absolute Gasteiger partial charge is 0.485 e. The fraction of sp³-hybridized carbons (Fsp3) is 0.208. The van der Waals surface area contributed by atoms with Crippen LogP contribution in [-0.4, -0.2) is 18.1 Å². The van der Waals surface area contributed by atoms with Crippen molar-refractivity contribution in [3.05, 3.63) is 83.0 Å². The fourth-order valence-corrected chi connectivity index (χ4v) is 2.57. The van der Waals surface area contributed by atoms with Gasteiger partial charge in [0.1, 0.15) is 12.3 Å². The standard InChI is InChI=1S/C22H15F3N2O4.C2H6/c1-29-21(28)16-7-8-17(30-13-14-5-3-2-4-6-14)18(11-16)31-20-10-15(12-26)9-19(27-20)22(23,24)25;1-2/h2-11H,13H2,1H3;1-2H3. The molecule has 0 saturated carbocycles. The Morgan fingerprint density at radius 1 is 1.03 bits per heavy atom. The van der Waals surface area contributed by atoms with Crippen LogP contribution in [0.1, 0.15) is 41.0 Å². The molecular formula is C24H21F3N2O4. The molecule has 172 valence electrons. The first-order chi connectivity index (χ1) is 15.8. The summed E-state index contributed by atoms with van der Waals surface area (Å²) in [5, 5.41) is 9.05. The monoisotopic (exact) mass is 458 g/mol.